The molecule has 25 heavy (non-hydrogen) atoms. The summed E-state index contributed by atoms with van der Waals surface area (Å²) in [5.74, 6) is 0.837. The number of ether oxygens (including phenoxy) is 3. The van der Waals surface area contributed by atoms with Gasteiger partial charge in [-0.15, -0.1) is 0 Å². The Labute approximate surface area is 148 Å². The number of aryl methyl sites for hydroxylation is 1. The summed E-state index contributed by atoms with van der Waals surface area (Å²) in [6.07, 6.45) is 0.0993. The van der Waals surface area contributed by atoms with E-state index in [1.54, 1.807) is 13.0 Å². The summed E-state index contributed by atoms with van der Waals surface area (Å²) in [5.41, 5.74) is 0.576. The lowest BCUT2D eigenvalue weighted by molar-refractivity contribution is 0.126. The Morgan fingerprint density at radius 1 is 1.00 bits per heavy atom. The lowest BCUT2D eigenvalue weighted by Crippen LogP contribution is -2.37. The Kier molecular flexibility index (Phi) is 6.12. The van der Waals surface area contributed by atoms with Crippen molar-refractivity contribution in [1.29, 1.82) is 0 Å². The highest BCUT2D eigenvalue weighted by atomic mass is 32.2. The summed E-state index contributed by atoms with van der Waals surface area (Å²) in [4.78, 5) is 13.3. The van der Waals surface area contributed by atoms with Crippen molar-refractivity contribution < 1.29 is 27.4 Å². The first-order chi connectivity index (χ1) is 11.8. The molecule has 0 saturated carbocycles. The average Bonchev–Trinajstić information content (AvgIpc) is 2.87. The fraction of sp³-hybridized carbons (Fsp3) is 0.562. The molecule has 0 radical (unpaired) electrons. The van der Waals surface area contributed by atoms with E-state index in [2.05, 4.69) is 0 Å². The van der Waals surface area contributed by atoms with Crippen LogP contribution in [0.4, 0.5) is 4.79 Å². The van der Waals surface area contributed by atoms with Gasteiger partial charge in [-0.1, -0.05) is 0 Å². The minimum Gasteiger partial charge on any atom is -0.493 e. The van der Waals surface area contributed by atoms with Gasteiger partial charge < -0.3 is 19.1 Å². The number of benzene rings is 1. The van der Waals surface area contributed by atoms with Crippen LogP contribution < -0.4 is 9.47 Å². The third-order valence-corrected chi connectivity index (χ3v) is 6.23. The molecule has 0 bridgehead atoms. The van der Waals surface area contributed by atoms with Crippen molar-refractivity contribution in [2.75, 3.05) is 47.5 Å². The Bertz CT molecular complexity index is 734. The molecule has 1 heterocycles. The molecule has 1 aromatic carbocycles. The first-order valence-electron chi connectivity index (χ1n) is 7.90. The predicted molar refractivity (Wildman–Crippen MR) is 91.6 cm³/mol. The van der Waals surface area contributed by atoms with Gasteiger partial charge in [0.2, 0.25) is 10.0 Å². The highest BCUT2D eigenvalue weighted by Crippen LogP contribution is 2.33. The lowest BCUT2D eigenvalue weighted by atomic mass is 10.2. The van der Waals surface area contributed by atoms with Crippen LogP contribution in [0.5, 0.6) is 11.5 Å². The van der Waals surface area contributed by atoms with Crippen LogP contribution in [0.2, 0.25) is 0 Å². The van der Waals surface area contributed by atoms with Crippen molar-refractivity contribution in [3.63, 3.8) is 0 Å². The van der Waals surface area contributed by atoms with Crippen LogP contribution in [0.3, 0.4) is 0 Å². The number of sulfonamides is 1. The van der Waals surface area contributed by atoms with Crippen LogP contribution in [0.15, 0.2) is 17.0 Å². The summed E-state index contributed by atoms with van der Waals surface area (Å²) in [5, 5.41) is 0. The number of methoxy groups -OCH3 is 3. The maximum Gasteiger partial charge on any atom is 0.409 e. The highest BCUT2D eigenvalue weighted by molar-refractivity contribution is 7.89. The smallest absolute Gasteiger partial charge is 0.409 e. The molecule has 0 aliphatic carbocycles. The fourth-order valence-electron chi connectivity index (χ4n) is 2.82. The van der Waals surface area contributed by atoms with Crippen LogP contribution in [0.25, 0.3) is 0 Å². The average molecular weight is 372 g/mol. The quantitative estimate of drug-likeness (QED) is 0.796. The van der Waals surface area contributed by atoms with Crippen LogP contribution >= 0.6 is 0 Å². The maximum atomic E-state index is 13.1. The van der Waals surface area contributed by atoms with Crippen molar-refractivity contribution in [3.8, 4) is 11.5 Å². The van der Waals surface area contributed by atoms with Crippen LogP contribution in [0, 0.1) is 6.92 Å². The van der Waals surface area contributed by atoms with E-state index < -0.39 is 16.1 Å². The van der Waals surface area contributed by atoms with Crippen LogP contribution in [0.1, 0.15) is 12.0 Å². The Morgan fingerprint density at radius 2 is 1.64 bits per heavy atom. The number of nitrogens with zero attached hydrogens (tertiary/aromatic N) is 2. The van der Waals surface area contributed by atoms with Gasteiger partial charge in [-0.05, 0) is 25.0 Å². The van der Waals surface area contributed by atoms with E-state index in [0.29, 0.717) is 36.6 Å². The molecular weight excluding hydrogens is 348 g/mol. The maximum absolute atomic E-state index is 13.1. The molecule has 0 spiro atoms. The zero-order valence-corrected chi connectivity index (χ0v) is 15.8. The fourth-order valence-corrected chi connectivity index (χ4v) is 4.52. The van der Waals surface area contributed by atoms with Gasteiger partial charge in [0.1, 0.15) is 0 Å². The summed E-state index contributed by atoms with van der Waals surface area (Å²) in [6, 6.07) is 3.12. The highest BCUT2D eigenvalue weighted by Gasteiger charge is 2.30. The van der Waals surface area contributed by atoms with Gasteiger partial charge in [0.15, 0.2) is 11.5 Å². The second-order valence-electron chi connectivity index (χ2n) is 5.69. The van der Waals surface area contributed by atoms with E-state index in [-0.39, 0.29) is 18.0 Å². The number of carbonyl (C=O) groups excluding carboxylic acids is 1. The van der Waals surface area contributed by atoms with Gasteiger partial charge in [0.25, 0.3) is 0 Å². The topological polar surface area (TPSA) is 85.4 Å². The number of hydrogen-bond donors (Lipinski definition) is 0. The molecule has 1 saturated heterocycles. The first kappa shape index (κ1) is 19.3. The van der Waals surface area contributed by atoms with Crippen LogP contribution in [-0.4, -0.2) is 71.2 Å². The minimum absolute atomic E-state index is 0.177. The SMILES string of the molecule is COC(=O)N1CCCN(S(=O)(=O)c2cc(OC)c(OC)cc2C)CC1. The molecule has 0 aromatic heterocycles. The molecule has 0 atom stereocenters. The summed E-state index contributed by atoms with van der Waals surface area (Å²) in [6.45, 7) is 3.02. The van der Waals surface area contributed by atoms with E-state index in [0.717, 1.165) is 0 Å². The van der Waals surface area contributed by atoms with E-state index in [1.165, 1.54) is 36.6 Å². The molecular formula is C16H24N2O6S. The van der Waals surface area contributed by atoms with Gasteiger partial charge in [0.05, 0.1) is 26.2 Å². The van der Waals surface area contributed by atoms with E-state index in [9.17, 15) is 13.2 Å². The van der Waals surface area contributed by atoms with Crippen molar-refractivity contribution in [3.05, 3.63) is 17.7 Å². The molecule has 0 N–H and O–H groups in total. The molecule has 2 rings (SSSR count). The molecule has 1 fully saturated rings. The summed E-state index contributed by atoms with van der Waals surface area (Å²) in [7, 11) is 0.567. The van der Waals surface area contributed by atoms with E-state index in [4.69, 9.17) is 14.2 Å². The minimum atomic E-state index is -3.71. The van der Waals surface area contributed by atoms with E-state index >= 15 is 0 Å². The summed E-state index contributed by atoms with van der Waals surface area (Å²) < 4.78 is 42.7. The zero-order chi connectivity index (χ0) is 18.6. The third-order valence-electron chi connectivity index (χ3n) is 4.19. The monoisotopic (exact) mass is 372 g/mol. The Hall–Kier alpha value is -2.00. The molecule has 9 heteroatoms. The number of carbonyl (C=O) groups is 1. The molecule has 1 aromatic rings. The molecule has 1 aliphatic heterocycles. The zero-order valence-electron chi connectivity index (χ0n) is 14.9. The molecule has 1 amide bonds. The van der Waals surface area contributed by atoms with Crippen molar-refractivity contribution in [2.45, 2.75) is 18.2 Å². The van der Waals surface area contributed by atoms with Gasteiger partial charge in [0, 0.05) is 32.2 Å². The summed E-state index contributed by atoms with van der Waals surface area (Å²) >= 11 is 0. The number of hydrogen-bond acceptors (Lipinski definition) is 6. The normalized spacial score (nSPS) is 16.2. The standard InChI is InChI=1S/C16H24N2O6S/c1-12-10-13(22-2)14(23-3)11-15(12)25(20,21)18-7-5-6-17(8-9-18)16(19)24-4/h10-11H,5-9H2,1-4H3. The Morgan fingerprint density at radius 3 is 2.24 bits per heavy atom. The van der Waals surface area contributed by atoms with Gasteiger partial charge in [-0.25, -0.2) is 13.2 Å². The van der Waals surface area contributed by atoms with Crippen molar-refractivity contribution >= 4 is 16.1 Å². The molecule has 140 valence electrons. The first-order valence-corrected chi connectivity index (χ1v) is 9.34. The van der Waals surface area contributed by atoms with Gasteiger partial charge >= 0.3 is 6.09 Å². The van der Waals surface area contributed by atoms with E-state index in [1.807, 2.05) is 0 Å². The second-order valence-corrected chi connectivity index (χ2v) is 7.59. The number of rotatable bonds is 4. The number of amides is 1. The molecule has 8 nitrogen and oxygen atoms in total. The molecule has 0 unspecified atom stereocenters. The lowest BCUT2D eigenvalue weighted by Gasteiger charge is -2.22. The van der Waals surface area contributed by atoms with Gasteiger partial charge in [-0.3, -0.25) is 0 Å². The largest absolute Gasteiger partial charge is 0.493 e. The predicted octanol–water partition coefficient (Wildman–Crippen LogP) is 1.48. The Balaban J connectivity index is 2.31. The molecule has 1 aliphatic rings. The second kappa shape index (κ2) is 7.92. The van der Waals surface area contributed by atoms with Crippen molar-refractivity contribution in [2.24, 2.45) is 0 Å². The van der Waals surface area contributed by atoms with Crippen LogP contribution in [-0.2, 0) is 14.8 Å². The van der Waals surface area contributed by atoms with Gasteiger partial charge in [-0.2, -0.15) is 4.31 Å². The third kappa shape index (κ3) is 3.98. The van der Waals surface area contributed by atoms with Crippen molar-refractivity contribution in [1.82, 2.24) is 9.21 Å².